The van der Waals surface area contributed by atoms with Crippen molar-refractivity contribution >= 4 is 11.9 Å². The highest BCUT2D eigenvalue weighted by molar-refractivity contribution is 5.92. The zero-order valence-corrected chi connectivity index (χ0v) is 14.7. The number of ether oxygens (including phenoxy) is 1. The summed E-state index contributed by atoms with van der Waals surface area (Å²) in [4.78, 5) is 23.1. The van der Waals surface area contributed by atoms with Gasteiger partial charge in [-0.05, 0) is 43.4 Å². The molecule has 1 heterocycles. The number of nitrogens with two attached hydrogens (primary N) is 1. The molecule has 0 spiro atoms. The van der Waals surface area contributed by atoms with Crippen molar-refractivity contribution in [2.75, 3.05) is 25.1 Å². The van der Waals surface area contributed by atoms with E-state index in [-0.39, 0.29) is 5.69 Å². The van der Waals surface area contributed by atoms with E-state index in [1.807, 2.05) is 24.3 Å². The Hall–Kier alpha value is -2.63. The van der Waals surface area contributed by atoms with Crippen LogP contribution in [0.15, 0.2) is 30.3 Å². The number of hydrogen-bond donors (Lipinski definition) is 1. The summed E-state index contributed by atoms with van der Waals surface area (Å²) in [5.41, 5.74) is 7.20. The molecule has 6 nitrogen and oxygen atoms in total. The van der Waals surface area contributed by atoms with E-state index >= 15 is 0 Å². The Bertz CT molecular complexity index is 759. The molecule has 0 unspecified atom stereocenters. The average Bonchev–Trinajstić information content (AvgIpc) is 3.45. The first-order chi connectivity index (χ1) is 12.1. The Labute approximate surface area is 148 Å². The molecular formula is C19H24N4O2. The van der Waals surface area contributed by atoms with E-state index in [0.29, 0.717) is 23.3 Å². The normalized spacial score (nSPS) is 13.5. The SMILES string of the molecule is CCCN(CC1CC1)c1nc(C(N)=O)cc(-c2ccccc2OC)n1. The fraction of sp³-hybridized carbons (Fsp3) is 0.421. The first kappa shape index (κ1) is 17.2. The number of para-hydroxylation sites is 1. The third kappa shape index (κ3) is 4.07. The van der Waals surface area contributed by atoms with Crippen LogP contribution in [0.1, 0.15) is 36.7 Å². The van der Waals surface area contributed by atoms with Gasteiger partial charge in [0.2, 0.25) is 5.95 Å². The lowest BCUT2D eigenvalue weighted by Crippen LogP contribution is -2.29. The average molecular weight is 340 g/mol. The molecule has 0 radical (unpaired) electrons. The molecule has 0 atom stereocenters. The lowest BCUT2D eigenvalue weighted by molar-refractivity contribution is 0.0995. The van der Waals surface area contributed by atoms with Gasteiger partial charge in [-0.15, -0.1) is 0 Å². The van der Waals surface area contributed by atoms with Crippen molar-refractivity contribution in [3.8, 4) is 17.0 Å². The van der Waals surface area contributed by atoms with Gasteiger partial charge in [0.1, 0.15) is 11.4 Å². The van der Waals surface area contributed by atoms with Gasteiger partial charge in [0.15, 0.2) is 0 Å². The molecule has 1 saturated carbocycles. The minimum Gasteiger partial charge on any atom is -0.496 e. The molecule has 132 valence electrons. The van der Waals surface area contributed by atoms with Crippen molar-refractivity contribution in [2.24, 2.45) is 11.7 Å². The fourth-order valence-corrected chi connectivity index (χ4v) is 2.85. The number of amides is 1. The van der Waals surface area contributed by atoms with Crippen molar-refractivity contribution < 1.29 is 9.53 Å². The van der Waals surface area contributed by atoms with E-state index in [0.717, 1.165) is 25.1 Å². The Morgan fingerprint density at radius 3 is 2.72 bits per heavy atom. The number of methoxy groups -OCH3 is 1. The molecule has 0 saturated heterocycles. The number of hydrogen-bond acceptors (Lipinski definition) is 5. The summed E-state index contributed by atoms with van der Waals surface area (Å²) in [7, 11) is 1.62. The molecule has 0 aliphatic heterocycles. The summed E-state index contributed by atoms with van der Waals surface area (Å²) in [6, 6.07) is 9.23. The highest BCUT2D eigenvalue weighted by atomic mass is 16.5. The topological polar surface area (TPSA) is 81.3 Å². The van der Waals surface area contributed by atoms with Crippen LogP contribution in [0, 0.1) is 5.92 Å². The highest BCUT2D eigenvalue weighted by Gasteiger charge is 2.26. The molecule has 1 aromatic carbocycles. The summed E-state index contributed by atoms with van der Waals surface area (Å²) >= 11 is 0. The third-order valence-corrected chi connectivity index (χ3v) is 4.30. The Morgan fingerprint density at radius 2 is 2.08 bits per heavy atom. The molecule has 6 heteroatoms. The number of primary amides is 1. The third-order valence-electron chi connectivity index (χ3n) is 4.30. The van der Waals surface area contributed by atoms with E-state index in [1.165, 1.54) is 12.8 Å². The molecule has 2 N–H and O–H groups in total. The van der Waals surface area contributed by atoms with Gasteiger partial charge in [0.05, 0.1) is 12.8 Å². The highest BCUT2D eigenvalue weighted by Crippen LogP contribution is 2.32. The molecule has 1 amide bonds. The molecule has 0 bridgehead atoms. The Morgan fingerprint density at radius 1 is 1.32 bits per heavy atom. The molecule has 25 heavy (non-hydrogen) atoms. The van der Waals surface area contributed by atoms with Crippen LogP contribution in [0.25, 0.3) is 11.3 Å². The summed E-state index contributed by atoms with van der Waals surface area (Å²) in [6.45, 7) is 3.89. The summed E-state index contributed by atoms with van der Waals surface area (Å²) < 4.78 is 5.43. The van der Waals surface area contributed by atoms with Gasteiger partial charge in [-0.2, -0.15) is 0 Å². The summed E-state index contributed by atoms with van der Waals surface area (Å²) in [5.74, 6) is 1.41. The number of anilines is 1. The van der Waals surface area contributed by atoms with Gasteiger partial charge in [-0.25, -0.2) is 9.97 Å². The molecule has 3 rings (SSSR count). The second kappa shape index (κ2) is 7.51. The number of nitrogens with zero attached hydrogens (tertiary/aromatic N) is 3. The molecule has 1 aromatic heterocycles. The fourth-order valence-electron chi connectivity index (χ4n) is 2.85. The van der Waals surface area contributed by atoms with E-state index in [1.54, 1.807) is 13.2 Å². The van der Waals surface area contributed by atoms with Gasteiger partial charge >= 0.3 is 0 Å². The Kier molecular flexibility index (Phi) is 5.16. The maximum absolute atomic E-state index is 11.8. The number of carbonyl (C=O) groups is 1. The largest absolute Gasteiger partial charge is 0.496 e. The maximum atomic E-state index is 11.8. The van der Waals surface area contributed by atoms with Crippen LogP contribution in [0.5, 0.6) is 5.75 Å². The standard InChI is InChI=1S/C19H24N4O2/c1-3-10-23(12-13-8-9-13)19-21-15(11-16(22-19)18(20)24)14-6-4-5-7-17(14)25-2/h4-7,11,13H,3,8-10,12H2,1-2H3,(H2,20,24). The lowest BCUT2D eigenvalue weighted by atomic mass is 10.1. The number of aromatic nitrogens is 2. The van der Waals surface area contributed by atoms with Crippen LogP contribution in [-0.2, 0) is 0 Å². The van der Waals surface area contributed by atoms with Crippen molar-refractivity contribution in [1.82, 2.24) is 9.97 Å². The van der Waals surface area contributed by atoms with Crippen LogP contribution < -0.4 is 15.4 Å². The first-order valence-corrected chi connectivity index (χ1v) is 8.69. The van der Waals surface area contributed by atoms with Crippen LogP contribution >= 0.6 is 0 Å². The second-order valence-electron chi connectivity index (χ2n) is 6.39. The van der Waals surface area contributed by atoms with Crippen LogP contribution in [0.2, 0.25) is 0 Å². The van der Waals surface area contributed by atoms with Crippen molar-refractivity contribution in [2.45, 2.75) is 26.2 Å². The van der Waals surface area contributed by atoms with Gasteiger partial charge in [-0.1, -0.05) is 19.1 Å². The van der Waals surface area contributed by atoms with Crippen LogP contribution in [-0.4, -0.2) is 36.1 Å². The zero-order valence-electron chi connectivity index (χ0n) is 14.7. The van der Waals surface area contributed by atoms with Crippen molar-refractivity contribution in [3.05, 3.63) is 36.0 Å². The molecule has 1 fully saturated rings. The smallest absolute Gasteiger partial charge is 0.267 e. The monoisotopic (exact) mass is 340 g/mol. The lowest BCUT2D eigenvalue weighted by Gasteiger charge is -2.23. The molecule has 1 aliphatic carbocycles. The van der Waals surface area contributed by atoms with Gasteiger partial charge < -0.3 is 15.4 Å². The Balaban J connectivity index is 2.06. The predicted molar refractivity (Wildman–Crippen MR) is 97.8 cm³/mol. The van der Waals surface area contributed by atoms with E-state index in [2.05, 4.69) is 16.8 Å². The summed E-state index contributed by atoms with van der Waals surface area (Å²) in [5, 5.41) is 0. The zero-order chi connectivity index (χ0) is 17.8. The van der Waals surface area contributed by atoms with Crippen molar-refractivity contribution in [1.29, 1.82) is 0 Å². The first-order valence-electron chi connectivity index (χ1n) is 8.69. The summed E-state index contributed by atoms with van der Waals surface area (Å²) in [6.07, 6.45) is 3.48. The van der Waals surface area contributed by atoms with Crippen molar-refractivity contribution in [3.63, 3.8) is 0 Å². The molecule has 2 aromatic rings. The number of rotatable bonds is 8. The van der Waals surface area contributed by atoms with E-state index in [4.69, 9.17) is 15.5 Å². The minimum atomic E-state index is -0.553. The minimum absolute atomic E-state index is 0.225. The number of carbonyl (C=O) groups excluding carboxylic acids is 1. The quantitative estimate of drug-likeness (QED) is 0.799. The van der Waals surface area contributed by atoms with Gasteiger partial charge in [-0.3, -0.25) is 4.79 Å². The molecule has 1 aliphatic rings. The van der Waals surface area contributed by atoms with E-state index in [9.17, 15) is 4.79 Å². The molecular weight excluding hydrogens is 316 g/mol. The van der Waals surface area contributed by atoms with E-state index < -0.39 is 5.91 Å². The van der Waals surface area contributed by atoms with Crippen LogP contribution in [0.3, 0.4) is 0 Å². The number of benzene rings is 1. The predicted octanol–water partition coefficient (Wildman–Crippen LogP) is 2.88. The maximum Gasteiger partial charge on any atom is 0.267 e. The van der Waals surface area contributed by atoms with Crippen LogP contribution in [0.4, 0.5) is 5.95 Å². The van der Waals surface area contributed by atoms with Gasteiger partial charge in [0, 0.05) is 18.7 Å². The van der Waals surface area contributed by atoms with Gasteiger partial charge in [0.25, 0.3) is 5.91 Å². The second-order valence-corrected chi connectivity index (χ2v) is 6.39.